The summed E-state index contributed by atoms with van der Waals surface area (Å²) in [7, 11) is 0. The molecular formula is C19H15Cl2N3O4. The van der Waals surface area contributed by atoms with Crippen LogP contribution in [-0.2, 0) is 0 Å². The molecule has 28 heavy (non-hydrogen) atoms. The Balaban J connectivity index is 1.98. The normalized spacial score (nSPS) is 10.5. The van der Waals surface area contributed by atoms with Gasteiger partial charge in [-0.05, 0) is 49.4 Å². The number of carbonyl (C=O) groups excluding carboxylic acids is 1. The number of nitrogens with one attached hydrogen (secondary N) is 2. The molecule has 0 fully saturated rings. The highest BCUT2D eigenvalue weighted by Crippen LogP contribution is 2.25. The molecular weight excluding hydrogens is 405 g/mol. The predicted octanol–water partition coefficient (Wildman–Crippen LogP) is 3.48. The first kappa shape index (κ1) is 19.7. The summed E-state index contributed by atoms with van der Waals surface area (Å²) in [5.41, 5.74) is -1.16. The van der Waals surface area contributed by atoms with E-state index < -0.39 is 17.2 Å². The Morgan fingerprint density at radius 2 is 1.86 bits per heavy atom. The molecule has 1 aromatic heterocycles. The lowest BCUT2D eigenvalue weighted by atomic mass is 10.2. The van der Waals surface area contributed by atoms with Gasteiger partial charge in [-0.15, -0.1) is 0 Å². The third-order valence-electron chi connectivity index (χ3n) is 3.80. The summed E-state index contributed by atoms with van der Waals surface area (Å²) in [5.74, 6) is -0.134. The Labute approximate surface area is 169 Å². The van der Waals surface area contributed by atoms with Crippen LogP contribution in [0.25, 0.3) is 5.69 Å². The van der Waals surface area contributed by atoms with Gasteiger partial charge in [0.1, 0.15) is 11.3 Å². The highest BCUT2D eigenvalue weighted by Gasteiger charge is 2.17. The number of aromatic nitrogens is 2. The predicted molar refractivity (Wildman–Crippen MR) is 108 cm³/mol. The van der Waals surface area contributed by atoms with Gasteiger partial charge in [0.05, 0.1) is 23.0 Å². The summed E-state index contributed by atoms with van der Waals surface area (Å²) >= 11 is 11.9. The summed E-state index contributed by atoms with van der Waals surface area (Å²) in [6.45, 7) is 2.33. The Morgan fingerprint density at radius 3 is 2.54 bits per heavy atom. The Kier molecular flexibility index (Phi) is 5.87. The maximum Gasteiger partial charge on any atom is 0.333 e. The summed E-state index contributed by atoms with van der Waals surface area (Å²) in [5, 5.41) is 3.15. The topological polar surface area (TPSA) is 93.2 Å². The standard InChI is InChI=1S/C19H15Cl2N3O4/c1-2-28-13-6-4-12(5-7-13)24-18(26)14(10-22-19(24)27)17(25)23-16-9-11(20)3-8-15(16)21/h3-10H,2H2,1H3,(H,22,27)(H,23,25). The van der Waals surface area contributed by atoms with Crippen molar-refractivity contribution in [2.75, 3.05) is 11.9 Å². The number of hydrogen-bond donors (Lipinski definition) is 2. The molecule has 0 radical (unpaired) electrons. The van der Waals surface area contributed by atoms with E-state index in [2.05, 4.69) is 10.3 Å². The van der Waals surface area contributed by atoms with Crippen LogP contribution in [0, 0.1) is 0 Å². The van der Waals surface area contributed by atoms with Crippen LogP contribution in [-0.4, -0.2) is 22.1 Å². The number of carbonyl (C=O) groups is 1. The first-order valence-electron chi connectivity index (χ1n) is 8.25. The highest BCUT2D eigenvalue weighted by atomic mass is 35.5. The van der Waals surface area contributed by atoms with E-state index in [4.69, 9.17) is 27.9 Å². The van der Waals surface area contributed by atoms with Crippen molar-refractivity contribution in [2.24, 2.45) is 0 Å². The van der Waals surface area contributed by atoms with Crippen molar-refractivity contribution in [3.05, 3.63) is 85.1 Å². The van der Waals surface area contributed by atoms with Gasteiger partial charge in [0.15, 0.2) is 0 Å². The molecule has 0 atom stereocenters. The molecule has 0 saturated carbocycles. The minimum absolute atomic E-state index is 0.248. The summed E-state index contributed by atoms with van der Waals surface area (Å²) in [6, 6.07) is 10.9. The van der Waals surface area contributed by atoms with E-state index in [1.807, 2.05) is 6.92 Å². The SMILES string of the molecule is CCOc1ccc(-n2c(=O)[nH]cc(C(=O)Nc3cc(Cl)ccc3Cl)c2=O)cc1. The number of hydrogen-bond acceptors (Lipinski definition) is 4. The van der Waals surface area contributed by atoms with Crippen molar-refractivity contribution in [1.29, 1.82) is 0 Å². The number of halogens is 2. The number of anilines is 1. The minimum Gasteiger partial charge on any atom is -0.494 e. The molecule has 1 amide bonds. The zero-order valence-corrected chi connectivity index (χ0v) is 16.2. The Bertz CT molecular complexity index is 1140. The first-order chi connectivity index (χ1) is 13.4. The van der Waals surface area contributed by atoms with Crippen LogP contribution in [0.3, 0.4) is 0 Å². The van der Waals surface area contributed by atoms with E-state index in [-0.39, 0.29) is 16.3 Å². The maximum atomic E-state index is 12.8. The van der Waals surface area contributed by atoms with Gasteiger partial charge >= 0.3 is 5.69 Å². The van der Waals surface area contributed by atoms with Crippen LogP contribution in [0.1, 0.15) is 17.3 Å². The molecule has 0 bridgehead atoms. The smallest absolute Gasteiger partial charge is 0.333 e. The van der Waals surface area contributed by atoms with Gasteiger partial charge in [0.25, 0.3) is 11.5 Å². The quantitative estimate of drug-likeness (QED) is 0.661. The molecule has 9 heteroatoms. The fraction of sp³-hybridized carbons (Fsp3) is 0.105. The minimum atomic E-state index is -0.774. The van der Waals surface area contributed by atoms with Gasteiger partial charge < -0.3 is 15.0 Å². The first-order valence-corrected chi connectivity index (χ1v) is 9.00. The van der Waals surface area contributed by atoms with Crippen molar-refractivity contribution in [2.45, 2.75) is 6.92 Å². The molecule has 0 saturated heterocycles. The second-order valence-electron chi connectivity index (χ2n) is 5.65. The molecule has 0 aliphatic carbocycles. The van der Waals surface area contributed by atoms with E-state index in [9.17, 15) is 14.4 Å². The van der Waals surface area contributed by atoms with Gasteiger partial charge in [-0.2, -0.15) is 0 Å². The van der Waals surface area contributed by atoms with Crippen LogP contribution >= 0.6 is 23.2 Å². The third kappa shape index (κ3) is 4.11. The van der Waals surface area contributed by atoms with Crippen molar-refractivity contribution in [1.82, 2.24) is 9.55 Å². The average Bonchev–Trinajstić information content (AvgIpc) is 2.66. The summed E-state index contributed by atoms with van der Waals surface area (Å²) < 4.78 is 6.21. The van der Waals surface area contributed by atoms with Crippen molar-refractivity contribution in [3.63, 3.8) is 0 Å². The molecule has 7 nitrogen and oxygen atoms in total. The number of nitrogens with zero attached hydrogens (tertiary/aromatic N) is 1. The average molecular weight is 420 g/mol. The van der Waals surface area contributed by atoms with E-state index in [0.29, 0.717) is 23.1 Å². The van der Waals surface area contributed by atoms with Crippen molar-refractivity contribution < 1.29 is 9.53 Å². The van der Waals surface area contributed by atoms with Crippen LogP contribution in [0.5, 0.6) is 5.75 Å². The number of ether oxygens (including phenoxy) is 1. The molecule has 144 valence electrons. The number of H-pyrrole nitrogens is 1. The lowest BCUT2D eigenvalue weighted by Gasteiger charge is -2.10. The van der Waals surface area contributed by atoms with E-state index in [1.54, 1.807) is 30.3 Å². The number of benzene rings is 2. The number of amides is 1. The number of aromatic amines is 1. The van der Waals surface area contributed by atoms with Crippen LogP contribution < -0.4 is 21.3 Å². The van der Waals surface area contributed by atoms with Crippen molar-refractivity contribution in [3.8, 4) is 11.4 Å². The van der Waals surface area contributed by atoms with Crippen LogP contribution in [0.15, 0.2) is 58.3 Å². The van der Waals surface area contributed by atoms with Crippen LogP contribution in [0.2, 0.25) is 10.0 Å². The van der Waals surface area contributed by atoms with Crippen molar-refractivity contribution >= 4 is 34.8 Å². The second-order valence-corrected chi connectivity index (χ2v) is 6.50. The van der Waals surface area contributed by atoms with Gasteiger partial charge in [-0.3, -0.25) is 9.59 Å². The fourth-order valence-corrected chi connectivity index (χ4v) is 2.85. The van der Waals surface area contributed by atoms with Gasteiger partial charge in [0.2, 0.25) is 0 Å². The highest BCUT2D eigenvalue weighted by molar-refractivity contribution is 6.35. The third-order valence-corrected chi connectivity index (χ3v) is 4.37. The molecule has 2 N–H and O–H groups in total. The Morgan fingerprint density at radius 1 is 1.14 bits per heavy atom. The largest absolute Gasteiger partial charge is 0.494 e. The monoisotopic (exact) mass is 419 g/mol. The molecule has 2 aromatic carbocycles. The lowest BCUT2D eigenvalue weighted by Crippen LogP contribution is -2.38. The van der Waals surface area contributed by atoms with E-state index >= 15 is 0 Å². The molecule has 3 rings (SSSR count). The molecule has 0 spiro atoms. The molecule has 0 aliphatic heterocycles. The molecule has 0 aliphatic rings. The summed E-state index contributed by atoms with van der Waals surface area (Å²) in [6.07, 6.45) is 1.06. The maximum absolute atomic E-state index is 12.8. The van der Waals surface area contributed by atoms with E-state index in [1.165, 1.54) is 12.1 Å². The zero-order valence-electron chi connectivity index (χ0n) is 14.7. The van der Waals surface area contributed by atoms with Crippen LogP contribution in [0.4, 0.5) is 5.69 Å². The number of rotatable bonds is 5. The Hall–Kier alpha value is -3.03. The molecule has 0 unspecified atom stereocenters. The lowest BCUT2D eigenvalue weighted by molar-refractivity contribution is 0.102. The summed E-state index contributed by atoms with van der Waals surface area (Å²) in [4.78, 5) is 39.9. The van der Waals surface area contributed by atoms with Gasteiger partial charge in [0, 0.05) is 11.2 Å². The van der Waals surface area contributed by atoms with Gasteiger partial charge in [-0.25, -0.2) is 9.36 Å². The van der Waals surface area contributed by atoms with Gasteiger partial charge in [-0.1, -0.05) is 23.2 Å². The van der Waals surface area contributed by atoms with E-state index in [0.717, 1.165) is 10.8 Å². The fourth-order valence-electron chi connectivity index (χ4n) is 2.51. The molecule has 3 aromatic rings. The zero-order chi connectivity index (χ0) is 20.3. The second kappa shape index (κ2) is 8.33. The molecule has 1 heterocycles.